The summed E-state index contributed by atoms with van der Waals surface area (Å²) in [6.07, 6.45) is 5.00. The first-order valence-corrected chi connectivity index (χ1v) is 8.41. The zero-order chi connectivity index (χ0) is 14.0. The predicted octanol–water partition coefficient (Wildman–Crippen LogP) is 4.35. The van der Waals surface area contributed by atoms with Crippen LogP contribution in [0.1, 0.15) is 62.6 Å². The summed E-state index contributed by atoms with van der Waals surface area (Å²) >= 11 is 1.99. The maximum atomic E-state index is 12.2. The van der Waals surface area contributed by atoms with Crippen molar-refractivity contribution in [3.05, 3.63) is 23.5 Å². The number of hydrogen-bond acceptors (Lipinski definition) is 2. The molecule has 0 spiro atoms. The highest BCUT2D eigenvalue weighted by molar-refractivity contribution is 7.99. The Labute approximate surface area is 121 Å². The van der Waals surface area contributed by atoms with Gasteiger partial charge in [-0.2, -0.15) is 11.8 Å². The topological polar surface area (TPSA) is 22.0 Å². The van der Waals surface area contributed by atoms with Gasteiger partial charge in [-0.3, -0.25) is 4.79 Å². The summed E-state index contributed by atoms with van der Waals surface area (Å²) in [4.78, 5) is 12.2. The fourth-order valence-electron chi connectivity index (χ4n) is 2.92. The van der Waals surface area contributed by atoms with Gasteiger partial charge in [0.15, 0.2) is 5.78 Å². The molecule has 106 valence electrons. The second kappa shape index (κ2) is 5.74. The molecular formula is C16H25NOS. The summed E-state index contributed by atoms with van der Waals surface area (Å²) in [6.45, 7) is 8.86. The lowest BCUT2D eigenvalue weighted by atomic mass is 9.76. The number of hydrogen-bond donors (Lipinski definition) is 0. The molecule has 3 heteroatoms. The van der Waals surface area contributed by atoms with Gasteiger partial charge in [0.2, 0.25) is 0 Å². The second-order valence-electron chi connectivity index (χ2n) is 6.36. The van der Waals surface area contributed by atoms with Crippen molar-refractivity contribution in [2.24, 2.45) is 5.41 Å². The van der Waals surface area contributed by atoms with E-state index in [9.17, 15) is 4.79 Å². The van der Waals surface area contributed by atoms with Crippen molar-refractivity contribution in [2.75, 3.05) is 11.5 Å². The Morgan fingerprint density at radius 2 is 2.16 bits per heavy atom. The molecule has 1 aromatic rings. The van der Waals surface area contributed by atoms with Crippen molar-refractivity contribution >= 4 is 17.5 Å². The van der Waals surface area contributed by atoms with Gasteiger partial charge in [0.1, 0.15) is 0 Å². The fourth-order valence-corrected chi connectivity index (χ4v) is 3.71. The molecule has 1 aliphatic rings. The number of nitrogens with zero attached hydrogens (tertiary/aromatic N) is 1. The number of ketones is 1. The molecule has 0 saturated heterocycles. The lowest BCUT2D eigenvalue weighted by Gasteiger charge is -2.31. The largest absolute Gasteiger partial charge is 0.348 e. The Balaban J connectivity index is 2.18. The number of carbonyl (C=O) groups is 1. The lowest BCUT2D eigenvalue weighted by molar-refractivity contribution is 0.0909. The second-order valence-corrected chi connectivity index (χ2v) is 7.75. The summed E-state index contributed by atoms with van der Waals surface area (Å²) < 4.78 is 2.34. The van der Waals surface area contributed by atoms with Crippen LogP contribution in [0.5, 0.6) is 0 Å². The molecule has 1 aliphatic carbocycles. The van der Waals surface area contributed by atoms with E-state index < -0.39 is 0 Å². The van der Waals surface area contributed by atoms with Crippen molar-refractivity contribution in [1.29, 1.82) is 0 Å². The molecule has 0 radical (unpaired) electrons. The molecular weight excluding hydrogens is 254 g/mol. The molecule has 1 heterocycles. The molecule has 0 aliphatic heterocycles. The first-order chi connectivity index (χ1) is 8.94. The van der Waals surface area contributed by atoms with Crippen LogP contribution in [0.25, 0.3) is 0 Å². The molecule has 0 fully saturated rings. The van der Waals surface area contributed by atoms with Crippen LogP contribution in [0.4, 0.5) is 0 Å². The third kappa shape index (κ3) is 3.25. The average molecular weight is 279 g/mol. The minimum absolute atomic E-state index is 0.109. The van der Waals surface area contributed by atoms with Crippen molar-refractivity contribution in [1.82, 2.24) is 4.57 Å². The monoisotopic (exact) mass is 279 g/mol. The van der Waals surface area contributed by atoms with E-state index in [2.05, 4.69) is 38.5 Å². The standard InChI is InChI=1S/C16H25NOS/c1-5-19-9-7-12(2)17-8-6-13-14(17)10-16(3,4)11-15(13)18/h6,8,12H,5,7,9-11H2,1-4H3. The van der Waals surface area contributed by atoms with Gasteiger partial charge in [0, 0.05) is 29.9 Å². The van der Waals surface area contributed by atoms with Crippen LogP contribution in [-0.4, -0.2) is 21.9 Å². The van der Waals surface area contributed by atoms with E-state index in [1.54, 1.807) is 0 Å². The van der Waals surface area contributed by atoms with Gasteiger partial charge >= 0.3 is 0 Å². The summed E-state index contributed by atoms with van der Waals surface area (Å²) in [5.74, 6) is 2.70. The minimum Gasteiger partial charge on any atom is -0.348 e. The van der Waals surface area contributed by atoms with Crippen molar-refractivity contribution in [2.45, 2.75) is 53.0 Å². The Hall–Kier alpha value is -0.700. The number of rotatable bonds is 5. The normalized spacial score (nSPS) is 19.3. The highest BCUT2D eigenvalue weighted by atomic mass is 32.2. The van der Waals surface area contributed by atoms with Crippen LogP contribution in [-0.2, 0) is 6.42 Å². The number of carbonyl (C=O) groups excluding carboxylic acids is 1. The van der Waals surface area contributed by atoms with Gasteiger partial charge in [-0.05, 0) is 42.8 Å². The smallest absolute Gasteiger partial charge is 0.165 e. The Kier molecular flexibility index (Phi) is 4.44. The quantitative estimate of drug-likeness (QED) is 0.748. The molecule has 1 aromatic heterocycles. The molecule has 2 rings (SSSR count). The van der Waals surface area contributed by atoms with Crippen molar-refractivity contribution < 1.29 is 4.79 Å². The van der Waals surface area contributed by atoms with Crippen LogP contribution in [0, 0.1) is 5.41 Å². The van der Waals surface area contributed by atoms with E-state index >= 15 is 0 Å². The molecule has 0 bridgehead atoms. The minimum atomic E-state index is 0.109. The van der Waals surface area contributed by atoms with Crippen molar-refractivity contribution in [3.63, 3.8) is 0 Å². The van der Waals surface area contributed by atoms with E-state index in [-0.39, 0.29) is 5.41 Å². The van der Waals surface area contributed by atoms with E-state index in [1.807, 2.05) is 17.8 Å². The summed E-state index contributed by atoms with van der Waals surface area (Å²) in [7, 11) is 0. The van der Waals surface area contributed by atoms with E-state index in [4.69, 9.17) is 0 Å². The van der Waals surface area contributed by atoms with Crippen molar-refractivity contribution in [3.8, 4) is 0 Å². The Morgan fingerprint density at radius 1 is 1.42 bits per heavy atom. The first-order valence-electron chi connectivity index (χ1n) is 7.25. The molecule has 0 aromatic carbocycles. The molecule has 0 N–H and O–H groups in total. The number of aromatic nitrogens is 1. The molecule has 0 saturated carbocycles. The molecule has 19 heavy (non-hydrogen) atoms. The molecule has 1 atom stereocenters. The van der Waals surface area contributed by atoms with Crippen LogP contribution in [0.15, 0.2) is 12.3 Å². The Morgan fingerprint density at radius 3 is 2.84 bits per heavy atom. The highest BCUT2D eigenvalue weighted by Crippen LogP contribution is 2.36. The fraction of sp³-hybridized carbons (Fsp3) is 0.688. The van der Waals surface area contributed by atoms with Gasteiger partial charge < -0.3 is 4.57 Å². The summed E-state index contributed by atoms with van der Waals surface area (Å²) in [6, 6.07) is 2.51. The summed E-state index contributed by atoms with van der Waals surface area (Å²) in [5.41, 5.74) is 2.34. The van der Waals surface area contributed by atoms with Gasteiger partial charge in [0.25, 0.3) is 0 Å². The first kappa shape index (κ1) is 14.7. The average Bonchev–Trinajstić information content (AvgIpc) is 2.71. The van der Waals surface area contributed by atoms with E-state index in [0.29, 0.717) is 18.2 Å². The maximum Gasteiger partial charge on any atom is 0.165 e. The summed E-state index contributed by atoms with van der Waals surface area (Å²) in [5, 5.41) is 0. The van der Waals surface area contributed by atoms with Gasteiger partial charge in [-0.1, -0.05) is 20.8 Å². The third-order valence-electron chi connectivity index (χ3n) is 3.97. The van der Waals surface area contributed by atoms with Crippen LogP contribution in [0.3, 0.4) is 0 Å². The third-order valence-corrected chi connectivity index (χ3v) is 4.90. The van der Waals surface area contributed by atoms with E-state index in [1.165, 1.54) is 23.6 Å². The van der Waals surface area contributed by atoms with Crippen LogP contribution in [0.2, 0.25) is 0 Å². The lowest BCUT2D eigenvalue weighted by Crippen LogP contribution is -2.28. The predicted molar refractivity (Wildman–Crippen MR) is 83.2 cm³/mol. The zero-order valence-electron chi connectivity index (χ0n) is 12.5. The van der Waals surface area contributed by atoms with E-state index in [0.717, 1.165) is 12.0 Å². The van der Waals surface area contributed by atoms with Gasteiger partial charge in [0.05, 0.1) is 0 Å². The zero-order valence-corrected chi connectivity index (χ0v) is 13.3. The van der Waals surface area contributed by atoms with Gasteiger partial charge in [-0.15, -0.1) is 0 Å². The van der Waals surface area contributed by atoms with Crippen LogP contribution >= 0.6 is 11.8 Å². The SMILES string of the molecule is CCSCCC(C)n1ccc2c1CC(C)(C)CC2=O. The van der Waals surface area contributed by atoms with Gasteiger partial charge in [-0.25, -0.2) is 0 Å². The molecule has 2 nitrogen and oxygen atoms in total. The molecule has 1 unspecified atom stereocenters. The number of thioether (sulfide) groups is 1. The van der Waals surface area contributed by atoms with Crippen LogP contribution < -0.4 is 0 Å². The molecule has 0 amide bonds. The number of Topliss-reactive ketones (excluding diaryl/α,β-unsaturated/α-hetero) is 1. The Bertz CT molecular complexity index is 461. The highest BCUT2D eigenvalue weighted by Gasteiger charge is 2.33. The number of fused-ring (bicyclic) bond motifs is 1. The maximum absolute atomic E-state index is 12.2.